The number of hydrogen-bond donors (Lipinski definition) is 1. The van der Waals surface area contributed by atoms with E-state index in [1.165, 1.54) is 18.1 Å². The number of aromatic nitrogens is 1. The van der Waals surface area contributed by atoms with Crippen LogP contribution in [0.25, 0.3) is 0 Å². The highest BCUT2D eigenvalue weighted by Crippen LogP contribution is 2.37. The Labute approximate surface area is 205 Å². The van der Waals surface area contributed by atoms with Crippen molar-refractivity contribution in [3.8, 4) is 5.75 Å². The molecule has 10 heteroatoms. The van der Waals surface area contributed by atoms with Gasteiger partial charge in [0.1, 0.15) is 11.9 Å². The number of anilines is 2. The molecule has 1 aromatic heterocycles. The number of carboxylic acids is 1. The minimum Gasteiger partial charge on any atom is -0.478 e. The number of nitrogens with zero attached hydrogens (tertiary/aromatic N) is 3. The van der Waals surface area contributed by atoms with Crippen LogP contribution < -0.4 is 13.5 Å². The topological polar surface area (TPSA) is 83.0 Å². The Kier molecular flexibility index (Phi) is 7.27. The smallest absolute Gasteiger partial charge is 0.335 e. The highest BCUT2D eigenvalue weighted by atomic mass is 35.5. The van der Waals surface area contributed by atoms with Crippen molar-refractivity contribution in [2.24, 2.45) is 0 Å². The number of hydrogen-bond acceptors (Lipinski definition) is 6. The van der Waals surface area contributed by atoms with Crippen LogP contribution in [0.1, 0.15) is 28.8 Å². The first-order valence-electron chi connectivity index (χ1n) is 10.1. The number of rotatable bonds is 8. The minimum atomic E-state index is -0.989. The summed E-state index contributed by atoms with van der Waals surface area (Å²) in [6.45, 7) is 1.17. The van der Waals surface area contributed by atoms with Crippen LogP contribution in [0.3, 0.4) is 0 Å². The van der Waals surface area contributed by atoms with E-state index in [2.05, 4.69) is 4.98 Å². The average Bonchev–Trinajstić information content (AvgIpc) is 3.25. The van der Waals surface area contributed by atoms with Crippen LogP contribution in [0.4, 0.5) is 11.5 Å². The molecule has 0 atom stereocenters. The average molecular weight is 504 g/mol. The van der Waals surface area contributed by atoms with E-state index < -0.39 is 5.97 Å². The van der Waals surface area contributed by atoms with Crippen molar-refractivity contribution in [2.45, 2.75) is 24.3 Å². The zero-order valence-corrected chi connectivity index (χ0v) is 19.6. The van der Waals surface area contributed by atoms with E-state index in [0.717, 1.165) is 29.1 Å². The van der Waals surface area contributed by atoms with Crippen molar-refractivity contribution in [3.05, 3.63) is 76.9 Å². The van der Waals surface area contributed by atoms with E-state index in [1.54, 1.807) is 35.2 Å². The molecule has 0 saturated carbocycles. The molecule has 2 aromatic carbocycles. The Morgan fingerprint density at radius 1 is 1.18 bits per heavy atom. The molecule has 0 radical (unpaired) electrons. The summed E-state index contributed by atoms with van der Waals surface area (Å²) in [6, 6.07) is 15.9. The predicted octanol–water partition coefficient (Wildman–Crippen LogP) is 5.81. The number of halogens is 2. The van der Waals surface area contributed by atoms with Crippen molar-refractivity contribution in [1.29, 1.82) is 0 Å². The number of aromatic carboxylic acids is 1. The molecule has 0 aliphatic carbocycles. The molecule has 0 unspecified atom stereocenters. The molecule has 0 bridgehead atoms. The maximum Gasteiger partial charge on any atom is 0.335 e. The number of benzene rings is 2. The van der Waals surface area contributed by atoms with Gasteiger partial charge in [0.05, 0.1) is 17.1 Å². The monoisotopic (exact) mass is 503 g/mol. The van der Waals surface area contributed by atoms with Gasteiger partial charge in [-0.1, -0.05) is 23.7 Å². The summed E-state index contributed by atoms with van der Waals surface area (Å²) in [7, 11) is 0. The largest absolute Gasteiger partial charge is 0.478 e. The van der Waals surface area contributed by atoms with Gasteiger partial charge in [0.15, 0.2) is 11.6 Å². The zero-order chi connectivity index (χ0) is 23.4. The van der Waals surface area contributed by atoms with Crippen molar-refractivity contribution >= 4 is 58.8 Å². The molecule has 1 N–H and O–H groups in total. The lowest BCUT2D eigenvalue weighted by molar-refractivity contribution is -0.117. The second-order valence-electron chi connectivity index (χ2n) is 7.33. The van der Waals surface area contributed by atoms with Gasteiger partial charge in [-0.2, -0.15) is 0 Å². The Hall–Kier alpha value is -2.94. The van der Waals surface area contributed by atoms with E-state index in [-0.39, 0.29) is 17.2 Å². The zero-order valence-electron chi connectivity index (χ0n) is 17.3. The van der Waals surface area contributed by atoms with Crippen LogP contribution in [0.15, 0.2) is 65.7 Å². The molecular formula is C23H19Cl2N3O4S. The van der Waals surface area contributed by atoms with Crippen LogP contribution in [-0.2, 0) is 11.3 Å². The third kappa shape index (κ3) is 5.52. The lowest BCUT2D eigenvalue weighted by Gasteiger charge is -2.24. The van der Waals surface area contributed by atoms with Crippen molar-refractivity contribution in [3.63, 3.8) is 0 Å². The third-order valence-corrected chi connectivity index (χ3v) is 6.46. The third-order valence-electron chi connectivity index (χ3n) is 5.08. The molecule has 1 fully saturated rings. The predicted molar refractivity (Wildman–Crippen MR) is 129 cm³/mol. The summed E-state index contributed by atoms with van der Waals surface area (Å²) < 4.78 is 6.85. The van der Waals surface area contributed by atoms with Gasteiger partial charge >= 0.3 is 5.97 Å². The number of amides is 1. The molecule has 2 heterocycles. The first-order valence-corrected chi connectivity index (χ1v) is 11.5. The minimum absolute atomic E-state index is 0.138. The van der Waals surface area contributed by atoms with Crippen molar-refractivity contribution < 1.29 is 19.0 Å². The highest BCUT2D eigenvalue weighted by molar-refractivity contribution is 8.00. The summed E-state index contributed by atoms with van der Waals surface area (Å²) in [5.41, 5.74) is 2.05. The van der Waals surface area contributed by atoms with Gasteiger partial charge in [0.2, 0.25) is 5.91 Å². The molecule has 170 valence electrons. The molecular weight excluding hydrogens is 485 g/mol. The molecule has 4 rings (SSSR count). The SMILES string of the molecule is O=C(O)c1ccc(SN(Cc2ccc(N3CCCC3=O)cc2)c2ncc(Cl)cc2OCl)cc1. The second-order valence-corrected chi connectivity index (χ2v) is 9.01. The van der Waals surface area contributed by atoms with E-state index in [9.17, 15) is 9.59 Å². The molecule has 1 aliphatic rings. The van der Waals surface area contributed by atoms with Crippen LogP contribution in [0.5, 0.6) is 5.75 Å². The van der Waals surface area contributed by atoms with Gasteiger partial charge in [-0.05, 0) is 60.3 Å². The molecule has 0 spiro atoms. The lowest BCUT2D eigenvalue weighted by Crippen LogP contribution is -2.23. The fraction of sp³-hybridized carbons (Fsp3) is 0.174. The summed E-state index contributed by atoms with van der Waals surface area (Å²) in [5, 5.41) is 9.53. The maximum atomic E-state index is 12.0. The van der Waals surface area contributed by atoms with Crippen molar-refractivity contribution in [1.82, 2.24) is 4.98 Å². The number of pyridine rings is 1. The molecule has 1 aliphatic heterocycles. The van der Waals surface area contributed by atoms with E-state index in [1.807, 2.05) is 28.6 Å². The molecule has 7 nitrogen and oxygen atoms in total. The van der Waals surface area contributed by atoms with Gasteiger partial charge in [-0.25, -0.2) is 9.78 Å². The Bertz CT molecular complexity index is 1160. The van der Waals surface area contributed by atoms with Crippen LogP contribution in [0.2, 0.25) is 5.02 Å². The highest BCUT2D eigenvalue weighted by Gasteiger charge is 2.22. The van der Waals surface area contributed by atoms with Crippen LogP contribution in [-0.4, -0.2) is 28.5 Å². The fourth-order valence-corrected chi connectivity index (χ4v) is 4.67. The van der Waals surface area contributed by atoms with Crippen molar-refractivity contribution in [2.75, 3.05) is 15.7 Å². The lowest BCUT2D eigenvalue weighted by atomic mass is 10.2. The van der Waals surface area contributed by atoms with Gasteiger partial charge in [-0.3, -0.25) is 9.10 Å². The molecule has 1 saturated heterocycles. The second kappa shape index (κ2) is 10.3. The Balaban J connectivity index is 1.61. The maximum absolute atomic E-state index is 12.0. The quantitative estimate of drug-likeness (QED) is 0.388. The Morgan fingerprint density at radius 2 is 1.91 bits per heavy atom. The first kappa shape index (κ1) is 23.2. The standard InChI is InChI=1S/C23H19Cl2N3O4S/c24-17-12-20(32-25)22(26-13-17)28(33-19-9-5-16(6-10-19)23(30)31)14-15-3-7-18(8-4-15)27-11-1-2-21(27)29/h3-10,12-13H,1-2,11,14H2,(H,30,31). The van der Waals surface area contributed by atoms with E-state index >= 15 is 0 Å². The van der Waals surface area contributed by atoms with Gasteiger partial charge in [-0.15, -0.1) is 0 Å². The van der Waals surface area contributed by atoms with Crippen LogP contribution >= 0.6 is 35.4 Å². The summed E-state index contributed by atoms with van der Waals surface area (Å²) >= 11 is 13.1. The summed E-state index contributed by atoms with van der Waals surface area (Å²) in [6.07, 6.45) is 2.95. The summed E-state index contributed by atoms with van der Waals surface area (Å²) in [4.78, 5) is 30.2. The van der Waals surface area contributed by atoms with Gasteiger partial charge in [0, 0.05) is 35.8 Å². The molecule has 1 amide bonds. The number of carboxylic acid groups (broad SMARTS) is 1. The fourth-order valence-electron chi connectivity index (χ4n) is 3.46. The first-order chi connectivity index (χ1) is 15.9. The van der Waals surface area contributed by atoms with Gasteiger partial charge in [0.25, 0.3) is 0 Å². The Morgan fingerprint density at radius 3 is 2.52 bits per heavy atom. The van der Waals surface area contributed by atoms with E-state index in [0.29, 0.717) is 23.8 Å². The van der Waals surface area contributed by atoms with Gasteiger partial charge < -0.3 is 14.3 Å². The molecule has 33 heavy (non-hydrogen) atoms. The van der Waals surface area contributed by atoms with Crippen LogP contribution in [0, 0.1) is 0 Å². The normalized spacial score (nSPS) is 13.3. The number of carbonyl (C=O) groups is 2. The number of carbonyl (C=O) groups excluding carboxylic acids is 1. The summed E-state index contributed by atoms with van der Waals surface area (Å²) in [5.74, 6) is -0.102. The molecule has 3 aromatic rings. The van der Waals surface area contributed by atoms with E-state index in [4.69, 9.17) is 32.9 Å².